The number of carbonyl (C=O) groups is 1. The van der Waals surface area contributed by atoms with Crippen molar-refractivity contribution in [3.63, 3.8) is 0 Å². The predicted molar refractivity (Wildman–Crippen MR) is 59.6 cm³/mol. The maximum absolute atomic E-state index is 12.7. The lowest BCUT2D eigenvalue weighted by Gasteiger charge is -2.09. The minimum atomic E-state index is -4.48. The maximum atomic E-state index is 12.7. The molecule has 1 N–H and O–H groups in total. The van der Waals surface area contributed by atoms with E-state index in [0.717, 1.165) is 12.1 Å². The van der Waals surface area contributed by atoms with E-state index in [4.69, 9.17) is 0 Å². The van der Waals surface area contributed by atoms with Crippen molar-refractivity contribution in [2.45, 2.75) is 6.18 Å². The highest BCUT2D eigenvalue weighted by Gasteiger charge is 2.27. The SMILES string of the molecule is O=C(COCC(F)(F)F)Nc1ccc(F)cc1Br. The second kappa shape index (κ2) is 6.14. The molecule has 1 amide bonds. The van der Waals surface area contributed by atoms with Crippen LogP contribution in [-0.2, 0) is 9.53 Å². The highest BCUT2D eigenvalue weighted by Crippen LogP contribution is 2.23. The van der Waals surface area contributed by atoms with Crippen LogP contribution in [0.25, 0.3) is 0 Å². The average molecular weight is 330 g/mol. The zero-order valence-electron chi connectivity index (χ0n) is 8.85. The zero-order chi connectivity index (χ0) is 13.8. The molecule has 0 spiro atoms. The molecule has 0 radical (unpaired) electrons. The highest BCUT2D eigenvalue weighted by molar-refractivity contribution is 9.10. The van der Waals surface area contributed by atoms with Crippen LogP contribution < -0.4 is 5.32 Å². The average Bonchev–Trinajstić information content (AvgIpc) is 2.20. The minimum absolute atomic E-state index is 0.247. The van der Waals surface area contributed by atoms with Gasteiger partial charge in [-0.3, -0.25) is 4.79 Å². The first-order valence-corrected chi connectivity index (χ1v) is 5.46. The van der Waals surface area contributed by atoms with Gasteiger partial charge >= 0.3 is 6.18 Å². The molecule has 0 saturated carbocycles. The molecule has 0 saturated heterocycles. The molecule has 0 atom stereocenters. The van der Waals surface area contributed by atoms with E-state index in [0.29, 0.717) is 0 Å². The highest BCUT2D eigenvalue weighted by atomic mass is 79.9. The molecule has 18 heavy (non-hydrogen) atoms. The Balaban J connectivity index is 2.45. The molecule has 0 heterocycles. The summed E-state index contributed by atoms with van der Waals surface area (Å²) in [5, 5.41) is 2.28. The first-order valence-electron chi connectivity index (χ1n) is 4.67. The molecule has 0 aliphatic heterocycles. The van der Waals surface area contributed by atoms with E-state index in [9.17, 15) is 22.4 Å². The lowest BCUT2D eigenvalue weighted by molar-refractivity contribution is -0.174. The van der Waals surface area contributed by atoms with Gasteiger partial charge in [0, 0.05) is 4.47 Å². The van der Waals surface area contributed by atoms with Gasteiger partial charge in [0.1, 0.15) is 19.0 Å². The second-order valence-electron chi connectivity index (χ2n) is 3.28. The molecule has 0 aromatic heterocycles. The van der Waals surface area contributed by atoms with Gasteiger partial charge in [-0.2, -0.15) is 13.2 Å². The van der Waals surface area contributed by atoms with Crippen LogP contribution in [0.4, 0.5) is 23.2 Å². The Labute approximate surface area is 108 Å². The number of hydrogen-bond acceptors (Lipinski definition) is 2. The molecule has 0 bridgehead atoms. The van der Waals surface area contributed by atoms with E-state index < -0.39 is 31.1 Å². The number of hydrogen-bond donors (Lipinski definition) is 1. The number of benzene rings is 1. The van der Waals surface area contributed by atoms with Gasteiger partial charge in [-0.05, 0) is 34.1 Å². The van der Waals surface area contributed by atoms with Crippen molar-refractivity contribution >= 4 is 27.5 Å². The Hall–Kier alpha value is -1.15. The number of alkyl halides is 3. The van der Waals surface area contributed by atoms with Gasteiger partial charge in [-0.25, -0.2) is 4.39 Å². The van der Waals surface area contributed by atoms with Crippen molar-refractivity contribution in [1.29, 1.82) is 0 Å². The van der Waals surface area contributed by atoms with Gasteiger partial charge in [0.15, 0.2) is 0 Å². The molecule has 100 valence electrons. The fourth-order valence-corrected chi connectivity index (χ4v) is 1.49. The van der Waals surface area contributed by atoms with Gasteiger partial charge in [0.05, 0.1) is 5.69 Å². The summed E-state index contributed by atoms with van der Waals surface area (Å²) < 4.78 is 52.4. The lowest BCUT2D eigenvalue weighted by Crippen LogP contribution is -2.24. The first kappa shape index (κ1) is 14.9. The lowest BCUT2D eigenvalue weighted by atomic mass is 10.3. The summed E-state index contributed by atoms with van der Waals surface area (Å²) in [6, 6.07) is 3.50. The molecule has 0 aliphatic rings. The normalized spacial score (nSPS) is 11.4. The van der Waals surface area contributed by atoms with Crippen LogP contribution in [0.2, 0.25) is 0 Å². The van der Waals surface area contributed by atoms with E-state index in [-0.39, 0.29) is 10.2 Å². The van der Waals surface area contributed by atoms with Crippen LogP contribution >= 0.6 is 15.9 Å². The molecular weight excluding hydrogens is 322 g/mol. The zero-order valence-corrected chi connectivity index (χ0v) is 10.4. The molecule has 1 aromatic rings. The summed E-state index contributed by atoms with van der Waals surface area (Å²) in [6.07, 6.45) is -4.48. The topological polar surface area (TPSA) is 38.3 Å². The monoisotopic (exact) mass is 329 g/mol. The first-order chi connectivity index (χ1) is 8.28. The summed E-state index contributed by atoms with van der Waals surface area (Å²) in [6.45, 7) is -2.23. The fourth-order valence-electron chi connectivity index (χ4n) is 1.04. The molecule has 1 rings (SSSR count). The third-order valence-corrected chi connectivity index (χ3v) is 2.36. The fraction of sp³-hybridized carbons (Fsp3) is 0.300. The Morgan fingerprint density at radius 3 is 2.61 bits per heavy atom. The number of halogens is 5. The summed E-state index contributed by atoms with van der Waals surface area (Å²) in [5.41, 5.74) is 0.247. The van der Waals surface area contributed by atoms with Crippen LogP contribution in [0.15, 0.2) is 22.7 Å². The van der Waals surface area contributed by atoms with Crippen molar-refractivity contribution in [2.24, 2.45) is 0 Å². The molecule has 0 fully saturated rings. The van der Waals surface area contributed by atoms with Crippen molar-refractivity contribution in [1.82, 2.24) is 0 Å². The van der Waals surface area contributed by atoms with E-state index in [1.807, 2.05) is 0 Å². The van der Waals surface area contributed by atoms with Crippen LogP contribution in [0.5, 0.6) is 0 Å². The predicted octanol–water partition coefficient (Wildman–Crippen LogP) is 3.11. The van der Waals surface area contributed by atoms with E-state index in [1.165, 1.54) is 6.07 Å². The number of rotatable bonds is 4. The number of carbonyl (C=O) groups excluding carboxylic acids is 1. The molecule has 0 aliphatic carbocycles. The van der Waals surface area contributed by atoms with Gasteiger partial charge in [0.2, 0.25) is 5.91 Å². The Bertz CT molecular complexity index is 436. The van der Waals surface area contributed by atoms with E-state index >= 15 is 0 Å². The van der Waals surface area contributed by atoms with Crippen LogP contribution in [0.1, 0.15) is 0 Å². The minimum Gasteiger partial charge on any atom is -0.362 e. The quantitative estimate of drug-likeness (QED) is 0.862. The summed E-state index contributed by atoms with van der Waals surface area (Å²) in [4.78, 5) is 11.2. The largest absolute Gasteiger partial charge is 0.411 e. The molecule has 1 aromatic carbocycles. The van der Waals surface area contributed by atoms with E-state index in [1.54, 1.807) is 0 Å². The third kappa shape index (κ3) is 5.46. The van der Waals surface area contributed by atoms with Crippen LogP contribution in [0, 0.1) is 5.82 Å². The van der Waals surface area contributed by atoms with Gasteiger partial charge < -0.3 is 10.1 Å². The molecule has 0 unspecified atom stereocenters. The number of nitrogens with one attached hydrogen (secondary N) is 1. The molecular formula is C10H8BrF4NO2. The van der Waals surface area contributed by atoms with Crippen molar-refractivity contribution < 1.29 is 27.1 Å². The van der Waals surface area contributed by atoms with E-state index in [2.05, 4.69) is 26.0 Å². The van der Waals surface area contributed by atoms with Crippen LogP contribution in [0.3, 0.4) is 0 Å². The summed E-state index contributed by atoms with van der Waals surface area (Å²) >= 11 is 3.00. The second-order valence-corrected chi connectivity index (χ2v) is 4.13. The Morgan fingerprint density at radius 2 is 2.06 bits per heavy atom. The van der Waals surface area contributed by atoms with Crippen molar-refractivity contribution in [3.8, 4) is 0 Å². The Kier molecular flexibility index (Phi) is 5.09. The maximum Gasteiger partial charge on any atom is 0.411 e. The van der Waals surface area contributed by atoms with Gasteiger partial charge in [0.25, 0.3) is 0 Å². The smallest absolute Gasteiger partial charge is 0.362 e. The van der Waals surface area contributed by atoms with Crippen molar-refractivity contribution in [3.05, 3.63) is 28.5 Å². The third-order valence-electron chi connectivity index (χ3n) is 1.70. The summed E-state index contributed by atoms with van der Waals surface area (Å²) in [5.74, 6) is -1.26. The summed E-state index contributed by atoms with van der Waals surface area (Å²) in [7, 11) is 0. The van der Waals surface area contributed by atoms with Gasteiger partial charge in [-0.15, -0.1) is 0 Å². The standard InChI is InChI=1S/C10H8BrF4NO2/c11-7-3-6(12)1-2-8(7)16-9(17)4-18-5-10(13,14)15/h1-3H,4-5H2,(H,16,17). The van der Waals surface area contributed by atoms with Crippen molar-refractivity contribution in [2.75, 3.05) is 18.5 Å². The number of amides is 1. The molecule has 3 nitrogen and oxygen atoms in total. The number of anilines is 1. The van der Waals surface area contributed by atoms with Gasteiger partial charge in [-0.1, -0.05) is 0 Å². The number of ether oxygens (including phenoxy) is 1. The molecule has 8 heteroatoms. The Morgan fingerprint density at radius 1 is 1.39 bits per heavy atom. The van der Waals surface area contributed by atoms with Crippen LogP contribution in [-0.4, -0.2) is 25.3 Å².